The van der Waals surface area contributed by atoms with Crippen LogP contribution >= 0.6 is 0 Å². The Morgan fingerprint density at radius 3 is 2.36 bits per heavy atom. The first-order valence-electron chi connectivity index (χ1n) is 8.88. The summed E-state index contributed by atoms with van der Waals surface area (Å²) in [5, 5.41) is 0. The Hall–Kier alpha value is -2.87. The number of benzene rings is 3. The number of para-hydroxylation sites is 2. The number of aromatic nitrogens is 2. The summed E-state index contributed by atoms with van der Waals surface area (Å²) in [6.07, 6.45) is 2.18. The average Bonchev–Trinajstić information content (AvgIpc) is 3.02. The number of hydrogen-bond donors (Lipinski definition) is 0. The smallest absolute Gasteiger partial charge is 0.141 e. The van der Waals surface area contributed by atoms with Gasteiger partial charge in [0.05, 0.1) is 11.0 Å². The van der Waals surface area contributed by atoms with Crippen LogP contribution in [0.15, 0.2) is 78.9 Å². The van der Waals surface area contributed by atoms with E-state index in [9.17, 15) is 0 Å². The van der Waals surface area contributed by atoms with Crippen LogP contribution in [0, 0.1) is 6.92 Å². The third-order valence-corrected chi connectivity index (χ3v) is 4.73. The van der Waals surface area contributed by atoms with Gasteiger partial charge >= 0.3 is 0 Å². The van der Waals surface area contributed by atoms with Crippen molar-refractivity contribution in [3.05, 3.63) is 90.0 Å². The van der Waals surface area contributed by atoms with Crippen molar-refractivity contribution in [3.8, 4) is 11.4 Å². The van der Waals surface area contributed by atoms with E-state index in [1.807, 2.05) is 0 Å². The Bertz CT molecular complexity index is 983. The summed E-state index contributed by atoms with van der Waals surface area (Å²) in [5.74, 6) is 1.08. The van der Waals surface area contributed by atoms with Gasteiger partial charge in [0.25, 0.3) is 0 Å². The molecule has 4 rings (SSSR count). The van der Waals surface area contributed by atoms with Gasteiger partial charge in [0, 0.05) is 12.1 Å². The van der Waals surface area contributed by atoms with Crippen LogP contribution in [-0.2, 0) is 13.0 Å². The summed E-state index contributed by atoms with van der Waals surface area (Å²) in [6, 6.07) is 27.6. The Labute approximate surface area is 148 Å². The van der Waals surface area contributed by atoms with E-state index < -0.39 is 0 Å². The van der Waals surface area contributed by atoms with Crippen molar-refractivity contribution in [1.29, 1.82) is 0 Å². The lowest BCUT2D eigenvalue weighted by Gasteiger charge is -2.11. The van der Waals surface area contributed by atoms with Crippen molar-refractivity contribution < 1.29 is 0 Å². The molecule has 0 spiro atoms. The molecular formula is C23H22N2. The highest BCUT2D eigenvalue weighted by Crippen LogP contribution is 2.27. The van der Waals surface area contributed by atoms with Gasteiger partial charge < -0.3 is 4.57 Å². The topological polar surface area (TPSA) is 17.8 Å². The Morgan fingerprint density at radius 1 is 0.800 bits per heavy atom. The minimum Gasteiger partial charge on any atom is -0.324 e. The van der Waals surface area contributed by atoms with Crippen LogP contribution in [0.4, 0.5) is 0 Å². The summed E-state index contributed by atoms with van der Waals surface area (Å²) in [5.41, 5.74) is 6.17. The highest BCUT2D eigenvalue weighted by atomic mass is 15.1. The zero-order chi connectivity index (χ0) is 17.1. The molecule has 2 heteroatoms. The lowest BCUT2D eigenvalue weighted by Crippen LogP contribution is -2.03. The van der Waals surface area contributed by atoms with Crippen molar-refractivity contribution in [2.75, 3.05) is 0 Å². The average molecular weight is 326 g/mol. The lowest BCUT2D eigenvalue weighted by molar-refractivity contribution is 0.662. The molecule has 0 bridgehead atoms. The maximum absolute atomic E-state index is 4.93. The zero-order valence-electron chi connectivity index (χ0n) is 14.5. The molecule has 0 aliphatic carbocycles. The first-order chi connectivity index (χ1) is 12.3. The standard InChI is InChI=1S/C23H22N2/c1-18-10-5-6-14-20(18)23-24-21-15-7-8-16-22(21)25(23)17-9-13-19-11-3-2-4-12-19/h2-8,10-12,14-16H,9,13,17H2,1H3. The number of fused-ring (bicyclic) bond motifs is 1. The largest absolute Gasteiger partial charge is 0.324 e. The third kappa shape index (κ3) is 3.20. The van der Waals surface area contributed by atoms with E-state index in [0.717, 1.165) is 30.7 Å². The molecule has 0 N–H and O–H groups in total. The highest BCUT2D eigenvalue weighted by Gasteiger charge is 2.13. The van der Waals surface area contributed by atoms with Crippen molar-refractivity contribution in [2.24, 2.45) is 0 Å². The number of imidazole rings is 1. The van der Waals surface area contributed by atoms with Crippen LogP contribution in [0.25, 0.3) is 22.4 Å². The molecule has 0 fully saturated rings. The predicted octanol–water partition coefficient (Wildman–Crippen LogP) is 5.64. The van der Waals surface area contributed by atoms with Gasteiger partial charge in [-0.2, -0.15) is 0 Å². The van der Waals surface area contributed by atoms with Crippen LogP contribution in [0.5, 0.6) is 0 Å². The molecule has 124 valence electrons. The van der Waals surface area contributed by atoms with Gasteiger partial charge in [0.2, 0.25) is 0 Å². The molecule has 0 saturated heterocycles. The van der Waals surface area contributed by atoms with E-state index in [1.54, 1.807) is 0 Å². The molecule has 0 unspecified atom stereocenters. The van der Waals surface area contributed by atoms with Gasteiger partial charge in [-0.05, 0) is 43.0 Å². The van der Waals surface area contributed by atoms with Gasteiger partial charge in [0.1, 0.15) is 5.82 Å². The Balaban J connectivity index is 1.69. The van der Waals surface area contributed by atoms with Gasteiger partial charge in [-0.25, -0.2) is 4.98 Å². The fourth-order valence-electron chi connectivity index (χ4n) is 3.42. The monoisotopic (exact) mass is 326 g/mol. The number of hydrogen-bond acceptors (Lipinski definition) is 1. The first kappa shape index (κ1) is 15.6. The zero-order valence-corrected chi connectivity index (χ0v) is 14.5. The maximum atomic E-state index is 4.93. The van der Waals surface area contributed by atoms with Gasteiger partial charge in [-0.3, -0.25) is 0 Å². The van der Waals surface area contributed by atoms with Crippen LogP contribution in [0.2, 0.25) is 0 Å². The SMILES string of the molecule is Cc1ccccc1-c1nc2ccccc2n1CCCc1ccccc1. The molecule has 0 amide bonds. The molecule has 25 heavy (non-hydrogen) atoms. The van der Waals surface area contributed by atoms with Gasteiger partial charge in [-0.15, -0.1) is 0 Å². The molecule has 1 aromatic heterocycles. The van der Waals surface area contributed by atoms with Gasteiger partial charge in [0.15, 0.2) is 0 Å². The molecule has 3 aromatic carbocycles. The van der Waals surface area contributed by atoms with E-state index in [-0.39, 0.29) is 0 Å². The minimum absolute atomic E-state index is 0.971. The van der Waals surface area contributed by atoms with Crippen LogP contribution in [0.1, 0.15) is 17.5 Å². The summed E-state index contributed by atoms with van der Waals surface area (Å²) in [6.45, 7) is 3.13. The van der Waals surface area contributed by atoms with E-state index in [0.29, 0.717) is 0 Å². The molecule has 2 nitrogen and oxygen atoms in total. The highest BCUT2D eigenvalue weighted by molar-refractivity contribution is 5.81. The second kappa shape index (κ2) is 6.94. The minimum atomic E-state index is 0.971. The lowest BCUT2D eigenvalue weighted by atomic mass is 10.1. The summed E-state index contributed by atoms with van der Waals surface area (Å²) in [7, 11) is 0. The third-order valence-electron chi connectivity index (χ3n) is 4.73. The van der Waals surface area contributed by atoms with Gasteiger partial charge in [-0.1, -0.05) is 66.7 Å². The summed E-state index contributed by atoms with van der Waals surface area (Å²) < 4.78 is 2.38. The fourth-order valence-corrected chi connectivity index (χ4v) is 3.42. The molecule has 0 aliphatic heterocycles. The molecule has 0 radical (unpaired) electrons. The normalized spacial score (nSPS) is 11.1. The predicted molar refractivity (Wildman–Crippen MR) is 105 cm³/mol. The number of aryl methyl sites for hydroxylation is 3. The fraction of sp³-hybridized carbons (Fsp3) is 0.174. The van der Waals surface area contributed by atoms with E-state index in [4.69, 9.17) is 4.98 Å². The molecule has 0 atom stereocenters. The van der Waals surface area contributed by atoms with E-state index in [2.05, 4.69) is 90.4 Å². The van der Waals surface area contributed by atoms with Crippen molar-refractivity contribution >= 4 is 11.0 Å². The quantitative estimate of drug-likeness (QED) is 0.464. The summed E-state index contributed by atoms with van der Waals surface area (Å²) in [4.78, 5) is 4.93. The second-order valence-electron chi connectivity index (χ2n) is 6.48. The van der Waals surface area contributed by atoms with E-state index in [1.165, 1.54) is 22.2 Å². The Kier molecular flexibility index (Phi) is 4.34. The van der Waals surface area contributed by atoms with Crippen molar-refractivity contribution in [1.82, 2.24) is 9.55 Å². The maximum Gasteiger partial charge on any atom is 0.141 e. The Morgan fingerprint density at radius 2 is 1.52 bits per heavy atom. The number of nitrogens with zero attached hydrogens (tertiary/aromatic N) is 2. The first-order valence-corrected chi connectivity index (χ1v) is 8.88. The molecule has 4 aromatic rings. The van der Waals surface area contributed by atoms with Crippen LogP contribution < -0.4 is 0 Å². The summed E-state index contributed by atoms with van der Waals surface area (Å²) >= 11 is 0. The molecule has 0 saturated carbocycles. The van der Waals surface area contributed by atoms with Crippen LogP contribution in [0.3, 0.4) is 0 Å². The molecular weight excluding hydrogens is 304 g/mol. The van der Waals surface area contributed by atoms with Crippen LogP contribution in [-0.4, -0.2) is 9.55 Å². The van der Waals surface area contributed by atoms with Crippen molar-refractivity contribution in [2.45, 2.75) is 26.3 Å². The number of rotatable bonds is 5. The molecule has 1 heterocycles. The molecule has 0 aliphatic rings. The van der Waals surface area contributed by atoms with Crippen molar-refractivity contribution in [3.63, 3.8) is 0 Å². The van der Waals surface area contributed by atoms with E-state index >= 15 is 0 Å². The second-order valence-corrected chi connectivity index (χ2v) is 6.48.